The summed E-state index contributed by atoms with van der Waals surface area (Å²) in [6, 6.07) is 0. The zero-order valence-corrected chi connectivity index (χ0v) is 13.2. The highest BCUT2D eigenvalue weighted by Gasteiger charge is 2.19. The molecule has 0 amide bonds. The van der Waals surface area contributed by atoms with Gasteiger partial charge >= 0.3 is 0 Å². The second kappa shape index (κ2) is 9.89. The van der Waals surface area contributed by atoms with Gasteiger partial charge in [-0.2, -0.15) is 0 Å². The SMILES string of the molecule is B(C1CCCCCCCCC1)C1CCCCCCC1. The molecule has 2 aliphatic carbocycles. The van der Waals surface area contributed by atoms with E-state index in [-0.39, 0.29) is 0 Å². The molecule has 0 N–H and O–H groups in total. The summed E-state index contributed by atoms with van der Waals surface area (Å²) >= 11 is 0. The van der Waals surface area contributed by atoms with Crippen molar-refractivity contribution in [3.63, 3.8) is 0 Å². The van der Waals surface area contributed by atoms with Crippen molar-refractivity contribution < 1.29 is 0 Å². The Labute approximate surface area is 122 Å². The molecule has 110 valence electrons. The smallest absolute Gasteiger partial charge is 0.0654 e. The molecule has 0 aromatic heterocycles. The lowest BCUT2D eigenvalue weighted by Crippen LogP contribution is -2.13. The van der Waals surface area contributed by atoms with E-state index in [0.717, 1.165) is 11.6 Å². The van der Waals surface area contributed by atoms with Crippen molar-refractivity contribution in [2.24, 2.45) is 0 Å². The molecule has 0 radical (unpaired) electrons. The van der Waals surface area contributed by atoms with Crippen molar-refractivity contribution >= 4 is 7.28 Å². The molecule has 0 bridgehead atoms. The molecule has 2 aliphatic rings. The van der Waals surface area contributed by atoms with E-state index in [1.54, 1.807) is 33.0 Å². The maximum absolute atomic E-state index is 1.58. The molecular formula is C18H35B. The van der Waals surface area contributed by atoms with Crippen LogP contribution < -0.4 is 0 Å². The molecule has 0 heterocycles. The Balaban J connectivity index is 1.73. The topological polar surface area (TPSA) is 0 Å². The maximum atomic E-state index is 1.58. The largest absolute Gasteiger partial charge is 0.127 e. The van der Waals surface area contributed by atoms with E-state index in [0.29, 0.717) is 0 Å². The average Bonchev–Trinajstić information content (AvgIpc) is 2.40. The highest BCUT2D eigenvalue weighted by atomic mass is 14.1. The van der Waals surface area contributed by atoms with Crippen molar-refractivity contribution in [2.75, 3.05) is 0 Å². The Kier molecular flexibility index (Phi) is 8.04. The molecule has 2 fully saturated rings. The third kappa shape index (κ3) is 6.86. The molecule has 0 atom stereocenters. The maximum Gasteiger partial charge on any atom is 0.127 e. The van der Waals surface area contributed by atoms with Crippen molar-refractivity contribution in [3.8, 4) is 0 Å². The van der Waals surface area contributed by atoms with Crippen molar-refractivity contribution in [1.82, 2.24) is 0 Å². The fourth-order valence-corrected chi connectivity index (χ4v) is 4.38. The van der Waals surface area contributed by atoms with Crippen molar-refractivity contribution in [3.05, 3.63) is 0 Å². The fourth-order valence-electron chi connectivity index (χ4n) is 4.38. The fraction of sp³-hybridized carbons (Fsp3) is 1.00. The number of rotatable bonds is 2. The van der Waals surface area contributed by atoms with Gasteiger partial charge in [0.2, 0.25) is 0 Å². The molecule has 2 rings (SSSR count). The Morgan fingerprint density at radius 1 is 0.368 bits per heavy atom. The minimum atomic E-state index is 1.09. The Morgan fingerprint density at radius 3 is 0.947 bits per heavy atom. The number of hydrogen-bond acceptors (Lipinski definition) is 0. The lowest BCUT2D eigenvalue weighted by Gasteiger charge is -2.24. The third-order valence-electron chi connectivity index (χ3n) is 5.62. The zero-order chi connectivity index (χ0) is 13.2. The minimum Gasteiger partial charge on any atom is -0.0654 e. The van der Waals surface area contributed by atoms with E-state index in [1.807, 2.05) is 0 Å². The molecule has 0 aromatic carbocycles. The van der Waals surface area contributed by atoms with E-state index in [1.165, 1.54) is 77.0 Å². The summed E-state index contributed by atoms with van der Waals surface area (Å²) in [5, 5.41) is 0. The first kappa shape index (κ1) is 15.5. The summed E-state index contributed by atoms with van der Waals surface area (Å²) in [5.41, 5.74) is 0. The molecular weight excluding hydrogens is 227 g/mol. The first-order valence-corrected chi connectivity index (χ1v) is 9.45. The van der Waals surface area contributed by atoms with Crippen LogP contribution in [0, 0.1) is 0 Å². The van der Waals surface area contributed by atoms with Crippen LogP contribution in [-0.2, 0) is 0 Å². The molecule has 0 aliphatic heterocycles. The van der Waals surface area contributed by atoms with Crippen LogP contribution in [0.25, 0.3) is 0 Å². The van der Waals surface area contributed by atoms with Gasteiger partial charge in [-0.1, -0.05) is 114 Å². The quantitative estimate of drug-likeness (QED) is 0.514. The Hall–Kier alpha value is 0.0649. The molecule has 0 unspecified atom stereocenters. The predicted molar refractivity (Wildman–Crippen MR) is 88.5 cm³/mol. The summed E-state index contributed by atoms with van der Waals surface area (Å²) in [5.74, 6) is 2.18. The van der Waals surface area contributed by atoms with E-state index in [2.05, 4.69) is 0 Å². The summed E-state index contributed by atoms with van der Waals surface area (Å²) in [6.07, 6.45) is 24.4. The van der Waals surface area contributed by atoms with Crippen molar-refractivity contribution in [2.45, 2.75) is 114 Å². The second-order valence-electron chi connectivity index (χ2n) is 7.37. The molecule has 0 nitrogen and oxygen atoms in total. The summed E-state index contributed by atoms with van der Waals surface area (Å²) in [7, 11) is 1.58. The molecule has 0 spiro atoms. The van der Waals surface area contributed by atoms with Crippen LogP contribution in [0.15, 0.2) is 0 Å². The van der Waals surface area contributed by atoms with Crippen LogP contribution in [-0.4, -0.2) is 7.28 Å². The zero-order valence-electron chi connectivity index (χ0n) is 13.2. The highest BCUT2D eigenvalue weighted by molar-refractivity contribution is 6.39. The van der Waals surface area contributed by atoms with Gasteiger partial charge in [-0.25, -0.2) is 0 Å². The summed E-state index contributed by atoms with van der Waals surface area (Å²) in [6.45, 7) is 0. The van der Waals surface area contributed by atoms with E-state index < -0.39 is 0 Å². The predicted octanol–water partition coefficient (Wildman–Crippen LogP) is 6.27. The van der Waals surface area contributed by atoms with Gasteiger partial charge in [0.15, 0.2) is 0 Å². The molecule has 19 heavy (non-hydrogen) atoms. The van der Waals surface area contributed by atoms with E-state index in [9.17, 15) is 0 Å². The minimum absolute atomic E-state index is 1.09. The molecule has 1 heteroatoms. The van der Waals surface area contributed by atoms with Crippen LogP contribution in [0.2, 0.25) is 11.6 Å². The van der Waals surface area contributed by atoms with Gasteiger partial charge in [-0.05, 0) is 0 Å². The Bertz CT molecular complexity index is 196. The van der Waals surface area contributed by atoms with Gasteiger partial charge in [0.05, 0.1) is 0 Å². The van der Waals surface area contributed by atoms with Crippen LogP contribution in [0.4, 0.5) is 0 Å². The van der Waals surface area contributed by atoms with E-state index >= 15 is 0 Å². The monoisotopic (exact) mass is 262 g/mol. The number of hydrogen-bond donors (Lipinski definition) is 0. The van der Waals surface area contributed by atoms with Gasteiger partial charge < -0.3 is 0 Å². The highest BCUT2D eigenvalue weighted by Crippen LogP contribution is 2.33. The average molecular weight is 262 g/mol. The van der Waals surface area contributed by atoms with Gasteiger partial charge in [-0.3, -0.25) is 0 Å². The van der Waals surface area contributed by atoms with Crippen molar-refractivity contribution in [1.29, 1.82) is 0 Å². The lowest BCUT2D eigenvalue weighted by molar-refractivity contribution is 0.480. The van der Waals surface area contributed by atoms with Gasteiger partial charge in [0.1, 0.15) is 7.28 Å². The standard InChI is InChI=1S/C18H35B/c1-2-5-9-13-17(14-10-6-3-1)19-18-15-11-7-4-8-12-16-18/h17-19H,1-16H2. The summed E-state index contributed by atoms with van der Waals surface area (Å²) in [4.78, 5) is 0. The van der Waals surface area contributed by atoms with Gasteiger partial charge in [-0.15, -0.1) is 0 Å². The van der Waals surface area contributed by atoms with Gasteiger partial charge in [0.25, 0.3) is 0 Å². The Morgan fingerprint density at radius 2 is 0.632 bits per heavy atom. The second-order valence-corrected chi connectivity index (χ2v) is 7.37. The summed E-state index contributed by atoms with van der Waals surface area (Å²) < 4.78 is 0. The van der Waals surface area contributed by atoms with Crippen LogP contribution in [0.5, 0.6) is 0 Å². The van der Waals surface area contributed by atoms with Crippen LogP contribution >= 0.6 is 0 Å². The van der Waals surface area contributed by atoms with E-state index in [4.69, 9.17) is 0 Å². The first-order valence-electron chi connectivity index (χ1n) is 9.45. The van der Waals surface area contributed by atoms with Crippen LogP contribution in [0.3, 0.4) is 0 Å². The lowest BCUT2D eigenvalue weighted by atomic mass is 9.50. The third-order valence-corrected chi connectivity index (χ3v) is 5.62. The van der Waals surface area contributed by atoms with Crippen LogP contribution in [0.1, 0.15) is 103 Å². The molecule has 2 saturated carbocycles. The first-order chi connectivity index (χ1) is 9.45. The molecule has 0 aromatic rings. The molecule has 0 saturated heterocycles. The van der Waals surface area contributed by atoms with Gasteiger partial charge in [0, 0.05) is 0 Å². The normalized spacial score (nSPS) is 26.3.